The molecule has 0 amide bonds. The monoisotopic (exact) mass is 292 g/mol. The average molecular weight is 293 g/mol. The summed E-state index contributed by atoms with van der Waals surface area (Å²) in [5.41, 5.74) is 2.51. The number of rotatable bonds is 3. The molecule has 1 aromatic carbocycles. The van der Waals surface area contributed by atoms with Crippen LogP contribution in [-0.2, 0) is 0 Å². The molecule has 3 unspecified atom stereocenters. The molecule has 1 aliphatic carbocycles. The molecule has 1 N–H and O–H groups in total. The molecule has 0 spiro atoms. The summed E-state index contributed by atoms with van der Waals surface area (Å²) in [5, 5.41) is 4.18. The Balaban J connectivity index is 1.83. The van der Waals surface area contributed by atoms with Crippen LogP contribution >= 0.6 is 11.6 Å². The predicted octanol–water partition coefficient (Wildman–Crippen LogP) is 4.39. The fourth-order valence-corrected chi connectivity index (χ4v) is 4.19. The van der Waals surface area contributed by atoms with Crippen LogP contribution in [0.15, 0.2) is 18.2 Å². The second-order valence-corrected chi connectivity index (χ2v) is 6.72. The Morgan fingerprint density at radius 3 is 2.80 bits per heavy atom. The van der Waals surface area contributed by atoms with Gasteiger partial charge in [0.15, 0.2) is 0 Å². The van der Waals surface area contributed by atoms with Gasteiger partial charge < -0.3 is 10.2 Å². The largest absolute Gasteiger partial charge is 0.367 e. The van der Waals surface area contributed by atoms with Gasteiger partial charge in [-0.3, -0.25) is 0 Å². The van der Waals surface area contributed by atoms with E-state index in [2.05, 4.69) is 35.3 Å². The van der Waals surface area contributed by atoms with Gasteiger partial charge in [0.2, 0.25) is 0 Å². The fraction of sp³-hybridized carbons (Fsp3) is 0.647. The molecule has 0 bridgehead atoms. The molecule has 1 saturated carbocycles. The number of halogens is 1. The normalized spacial score (nSPS) is 27.4. The summed E-state index contributed by atoms with van der Waals surface area (Å²) in [6.07, 6.45) is 6.89. The van der Waals surface area contributed by atoms with Gasteiger partial charge in [0, 0.05) is 18.6 Å². The molecular weight excluding hydrogens is 268 g/mol. The van der Waals surface area contributed by atoms with E-state index in [4.69, 9.17) is 11.6 Å². The number of hydrogen-bond acceptors (Lipinski definition) is 2. The average Bonchev–Trinajstić information content (AvgIpc) is 2.90. The Hall–Kier alpha value is -0.730. The summed E-state index contributed by atoms with van der Waals surface area (Å²) < 4.78 is 0. The zero-order valence-corrected chi connectivity index (χ0v) is 13.3. The van der Waals surface area contributed by atoms with E-state index in [9.17, 15) is 0 Å². The molecule has 1 aromatic rings. The smallest absolute Gasteiger partial charge is 0.0642 e. The molecule has 1 heterocycles. The molecule has 2 aliphatic rings. The van der Waals surface area contributed by atoms with Gasteiger partial charge in [0.25, 0.3) is 0 Å². The Morgan fingerprint density at radius 1 is 1.25 bits per heavy atom. The molecule has 1 saturated heterocycles. The molecule has 2 nitrogen and oxygen atoms in total. The van der Waals surface area contributed by atoms with Gasteiger partial charge in [-0.25, -0.2) is 0 Å². The molecule has 3 heteroatoms. The van der Waals surface area contributed by atoms with Crippen molar-refractivity contribution < 1.29 is 0 Å². The highest BCUT2D eigenvalue weighted by Crippen LogP contribution is 2.41. The topological polar surface area (TPSA) is 15.3 Å². The minimum atomic E-state index is 0.350. The van der Waals surface area contributed by atoms with Crippen molar-refractivity contribution in [2.75, 3.05) is 18.5 Å². The van der Waals surface area contributed by atoms with E-state index in [0.717, 1.165) is 17.0 Å². The van der Waals surface area contributed by atoms with Crippen LogP contribution < -0.4 is 10.2 Å². The molecule has 20 heavy (non-hydrogen) atoms. The van der Waals surface area contributed by atoms with Gasteiger partial charge in [0.1, 0.15) is 0 Å². The number of nitrogens with one attached hydrogen (secondary N) is 1. The number of hydrogen-bond donors (Lipinski definition) is 1. The lowest BCUT2D eigenvalue weighted by atomic mass is 9.85. The van der Waals surface area contributed by atoms with E-state index >= 15 is 0 Å². The number of nitrogens with zero attached hydrogens (tertiary/aromatic N) is 1. The predicted molar refractivity (Wildman–Crippen MR) is 86.6 cm³/mol. The Morgan fingerprint density at radius 2 is 2.05 bits per heavy atom. The van der Waals surface area contributed by atoms with Gasteiger partial charge in [-0.1, -0.05) is 30.5 Å². The van der Waals surface area contributed by atoms with Crippen LogP contribution in [0.4, 0.5) is 5.69 Å². The van der Waals surface area contributed by atoms with Gasteiger partial charge in [-0.05, 0) is 56.8 Å². The van der Waals surface area contributed by atoms with E-state index in [0.29, 0.717) is 6.04 Å². The lowest BCUT2D eigenvalue weighted by molar-refractivity contribution is 0.342. The minimum Gasteiger partial charge on any atom is -0.367 e. The van der Waals surface area contributed by atoms with Crippen LogP contribution in [0.2, 0.25) is 5.02 Å². The third-order valence-electron chi connectivity index (χ3n) is 5.22. The lowest BCUT2D eigenvalue weighted by Gasteiger charge is -2.33. The van der Waals surface area contributed by atoms with Crippen molar-refractivity contribution in [3.05, 3.63) is 28.8 Å². The van der Waals surface area contributed by atoms with Gasteiger partial charge in [0.05, 0.1) is 10.7 Å². The van der Waals surface area contributed by atoms with E-state index < -0.39 is 0 Å². The molecule has 3 rings (SSSR count). The first-order valence-electron chi connectivity index (χ1n) is 7.94. The quantitative estimate of drug-likeness (QED) is 0.889. The van der Waals surface area contributed by atoms with E-state index in [-0.39, 0.29) is 0 Å². The maximum Gasteiger partial charge on any atom is 0.0642 e. The maximum absolute atomic E-state index is 6.57. The highest BCUT2D eigenvalue weighted by Gasteiger charge is 2.36. The second kappa shape index (κ2) is 5.95. The van der Waals surface area contributed by atoms with E-state index in [1.54, 1.807) is 0 Å². The molecular formula is C17H25ClN2. The summed E-state index contributed by atoms with van der Waals surface area (Å²) in [5.74, 6) is 0.899. The first kappa shape index (κ1) is 14.2. The standard InChI is InChI=1S/C17H25ClN2/c1-12(19-2)14-7-8-17(15(18)11-14)20-10-9-13-5-3-4-6-16(13)20/h7-8,11-13,16,19H,3-6,9-10H2,1-2H3. The number of anilines is 1. The van der Waals surface area contributed by atoms with E-state index in [1.165, 1.54) is 49.9 Å². The van der Waals surface area contributed by atoms with Crippen LogP contribution in [0.1, 0.15) is 50.6 Å². The molecule has 1 aliphatic heterocycles. The zero-order valence-electron chi connectivity index (χ0n) is 12.5. The van der Waals surface area contributed by atoms with Crippen molar-refractivity contribution in [2.24, 2.45) is 5.92 Å². The van der Waals surface area contributed by atoms with Crippen LogP contribution in [0, 0.1) is 5.92 Å². The summed E-state index contributed by atoms with van der Waals surface area (Å²) >= 11 is 6.57. The Bertz CT molecular complexity index is 474. The first-order valence-corrected chi connectivity index (χ1v) is 8.32. The van der Waals surface area contributed by atoms with Crippen molar-refractivity contribution in [3.63, 3.8) is 0 Å². The highest BCUT2D eigenvalue weighted by atomic mass is 35.5. The van der Waals surface area contributed by atoms with Gasteiger partial charge in [-0.15, -0.1) is 0 Å². The SMILES string of the molecule is CNC(C)c1ccc(N2CCC3CCCCC32)c(Cl)c1. The van der Waals surface area contributed by atoms with Crippen LogP contribution in [0.5, 0.6) is 0 Å². The molecule has 0 aromatic heterocycles. The van der Waals surface area contributed by atoms with Crippen LogP contribution in [0.25, 0.3) is 0 Å². The molecule has 110 valence electrons. The van der Waals surface area contributed by atoms with Crippen molar-refractivity contribution in [3.8, 4) is 0 Å². The van der Waals surface area contributed by atoms with Crippen molar-refractivity contribution in [1.82, 2.24) is 5.32 Å². The Kier molecular flexibility index (Phi) is 4.23. The second-order valence-electron chi connectivity index (χ2n) is 6.32. The third kappa shape index (κ3) is 2.56. The number of fused-ring (bicyclic) bond motifs is 1. The van der Waals surface area contributed by atoms with Crippen LogP contribution in [0.3, 0.4) is 0 Å². The fourth-order valence-electron chi connectivity index (χ4n) is 3.90. The van der Waals surface area contributed by atoms with Gasteiger partial charge >= 0.3 is 0 Å². The molecule has 3 atom stereocenters. The van der Waals surface area contributed by atoms with Crippen molar-refractivity contribution >= 4 is 17.3 Å². The summed E-state index contributed by atoms with van der Waals surface area (Å²) in [4.78, 5) is 2.57. The Labute approximate surface area is 127 Å². The number of benzene rings is 1. The first-order chi connectivity index (χ1) is 9.70. The van der Waals surface area contributed by atoms with E-state index in [1.807, 2.05) is 7.05 Å². The lowest BCUT2D eigenvalue weighted by Crippen LogP contribution is -2.34. The third-order valence-corrected chi connectivity index (χ3v) is 5.53. The summed E-state index contributed by atoms with van der Waals surface area (Å²) in [7, 11) is 1.99. The summed E-state index contributed by atoms with van der Waals surface area (Å²) in [6.45, 7) is 3.34. The van der Waals surface area contributed by atoms with Crippen molar-refractivity contribution in [2.45, 2.75) is 51.1 Å². The molecule has 2 fully saturated rings. The minimum absolute atomic E-state index is 0.350. The summed E-state index contributed by atoms with van der Waals surface area (Å²) in [6, 6.07) is 7.66. The van der Waals surface area contributed by atoms with Crippen LogP contribution in [-0.4, -0.2) is 19.6 Å². The molecule has 0 radical (unpaired) electrons. The van der Waals surface area contributed by atoms with Gasteiger partial charge in [-0.2, -0.15) is 0 Å². The van der Waals surface area contributed by atoms with Crippen molar-refractivity contribution in [1.29, 1.82) is 0 Å². The highest BCUT2D eigenvalue weighted by molar-refractivity contribution is 6.33. The zero-order chi connectivity index (χ0) is 14.1. The maximum atomic E-state index is 6.57.